The van der Waals surface area contributed by atoms with Gasteiger partial charge in [0.05, 0.1) is 42.5 Å². The molecule has 2 aliphatic rings. The number of pyridine rings is 2. The number of carbonyl (C=O) groups is 1. The van der Waals surface area contributed by atoms with Crippen LogP contribution < -0.4 is 15.8 Å². The highest BCUT2D eigenvalue weighted by molar-refractivity contribution is 7.90. The first-order valence-corrected chi connectivity index (χ1v) is 15.0. The van der Waals surface area contributed by atoms with Crippen molar-refractivity contribution in [2.45, 2.75) is 37.3 Å². The molecule has 0 radical (unpaired) electrons. The Morgan fingerprint density at radius 1 is 1.15 bits per heavy atom. The third-order valence-corrected chi connectivity index (χ3v) is 8.28. The fourth-order valence-corrected chi connectivity index (χ4v) is 5.91. The largest absolute Gasteiger partial charge is 0.493 e. The summed E-state index contributed by atoms with van der Waals surface area (Å²) in [7, 11) is -3.23. The molecule has 5 rings (SSSR count). The third kappa shape index (κ3) is 6.13. The normalized spacial score (nSPS) is 23.1. The highest BCUT2D eigenvalue weighted by Crippen LogP contribution is 2.42. The topological polar surface area (TPSA) is 134 Å². The molecule has 12 heteroatoms. The average molecular weight is 573 g/mol. The number of anilines is 1. The maximum atomic E-state index is 15.1. The van der Waals surface area contributed by atoms with E-state index in [1.165, 1.54) is 30.5 Å². The summed E-state index contributed by atoms with van der Waals surface area (Å²) in [5, 5.41) is 2.83. The summed E-state index contributed by atoms with van der Waals surface area (Å²) in [5.74, 6) is -2.43. The van der Waals surface area contributed by atoms with E-state index in [1.807, 2.05) is 6.07 Å². The molecule has 4 bridgehead atoms. The van der Waals surface area contributed by atoms with E-state index in [0.717, 1.165) is 17.9 Å². The molecule has 9 nitrogen and oxygen atoms in total. The van der Waals surface area contributed by atoms with Gasteiger partial charge in [0.1, 0.15) is 38.6 Å². The van der Waals surface area contributed by atoms with Gasteiger partial charge in [0, 0.05) is 18.5 Å². The number of hydrogen-bond acceptors (Lipinski definition) is 8. The molecule has 1 saturated carbocycles. The molecule has 1 aliphatic heterocycles. The van der Waals surface area contributed by atoms with Crippen LogP contribution in [0, 0.1) is 17.6 Å². The molecule has 3 heterocycles. The SMILES string of the molecule is CS(=O)(=O)CCO[C@@H]1[C@@H]2CCOc3cccc(F)c3-c3nc(ccc3F)C(=O)Nc3cnccc3[C@@H](C2)C[C@@H]1N. The van der Waals surface area contributed by atoms with Gasteiger partial charge in [-0.15, -0.1) is 0 Å². The number of benzene rings is 1. The Morgan fingerprint density at radius 2 is 1.98 bits per heavy atom. The van der Waals surface area contributed by atoms with Crippen LogP contribution in [0.4, 0.5) is 14.5 Å². The molecule has 40 heavy (non-hydrogen) atoms. The molecule has 1 aliphatic carbocycles. The number of halogens is 2. The molecule has 3 aromatic rings. The van der Waals surface area contributed by atoms with Crippen molar-refractivity contribution in [1.82, 2.24) is 9.97 Å². The van der Waals surface area contributed by atoms with Gasteiger partial charge in [0.2, 0.25) is 0 Å². The summed E-state index contributed by atoms with van der Waals surface area (Å²) in [6.07, 6.45) is 5.46. The number of nitrogens with zero attached hydrogens (tertiary/aromatic N) is 2. The Hall–Kier alpha value is -3.48. The smallest absolute Gasteiger partial charge is 0.274 e. The van der Waals surface area contributed by atoms with Gasteiger partial charge in [0.25, 0.3) is 5.91 Å². The lowest BCUT2D eigenvalue weighted by molar-refractivity contribution is -0.0273. The number of sulfone groups is 1. The van der Waals surface area contributed by atoms with E-state index in [-0.39, 0.29) is 53.5 Å². The number of aromatic nitrogens is 2. The summed E-state index contributed by atoms with van der Waals surface area (Å²) in [4.78, 5) is 21.6. The summed E-state index contributed by atoms with van der Waals surface area (Å²) in [6.45, 7) is 0.137. The molecule has 2 aromatic heterocycles. The number of nitrogens with one attached hydrogen (secondary N) is 1. The van der Waals surface area contributed by atoms with E-state index < -0.39 is 39.5 Å². The van der Waals surface area contributed by atoms with E-state index >= 15 is 4.39 Å². The predicted molar refractivity (Wildman–Crippen MR) is 145 cm³/mol. The highest BCUT2D eigenvalue weighted by atomic mass is 32.2. The summed E-state index contributed by atoms with van der Waals surface area (Å²) < 4.78 is 65.3. The van der Waals surface area contributed by atoms with Crippen molar-refractivity contribution in [3.63, 3.8) is 0 Å². The minimum absolute atomic E-state index is 0.00435. The van der Waals surface area contributed by atoms with E-state index in [1.54, 1.807) is 6.20 Å². The molecule has 212 valence electrons. The van der Waals surface area contributed by atoms with Crippen molar-refractivity contribution in [3.05, 3.63) is 71.7 Å². The lowest BCUT2D eigenvalue weighted by atomic mass is 9.72. The Bertz CT molecular complexity index is 1520. The summed E-state index contributed by atoms with van der Waals surface area (Å²) in [6, 6.07) is 7.83. The highest BCUT2D eigenvalue weighted by Gasteiger charge is 2.38. The van der Waals surface area contributed by atoms with Crippen LogP contribution in [0.15, 0.2) is 48.8 Å². The first-order valence-electron chi connectivity index (χ1n) is 13.0. The van der Waals surface area contributed by atoms with Gasteiger partial charge in [-0.1, -0.05) is 6.07 Å². The maximum absolute atomic E-state index is 15.1. The molecule has 4 atom stereocenters. The Balaban J connectivity index is 1.55. The van der Waals surface area contributed by atoms with E-state index in [4.69, 9.17) is 15.2 Å². The lowest BCUT2D eigenvalue weighted by Gasteiger charge is -2.41. The van der Waals surface area contributed by atoms with Gasteiger partial charge >= 0.3 is 0 Å². The van der Waals surface area contributed by atoms with Crippen molar-refractivity contribution in [1.29, 1.82) is 0 Å². The van der Waals surface area contributed by atoms with Crippen LogP contribution in [0.2, 0.25) is 0 Å². The van der Waals surface area contributed by atoms with Crippen LogP contribution in [0.25, 0.3) is 11.3 Å². The number of nitrogens with two attached hydrogens (primary N) is 1. The van der Waals surface area contributed by atoms with Gasteiger partial charge in [-0.3, -0.25) is 9.78 Å². The van der Waals surface area contributed by atoms with Crippen LogP contribution in [0.3, 0.4) is 0 Å². The lowest BCUT2D eigenvalue weighted by Crippen LogP contribution is -2.48. The quantitative estimate of drug-likeness (QED) is 0.484. The molecule has 0 spiro atoms. The fourth-order valence-electron chi connectivity index (χ4n) is 5.51. The van der Waals surface area contributed by atoms with Gasteiger partial charge in [-0.2, -0.15) is 0 Å². The van der Waals surface area contributed by atoms with Gasteiger partial charge in [0.15, 0.2) is 0 Å². The van der Waals surface area contributed by atoms with Crippen molar-refractivity contribution in [2.24, 2.45) is 11.7 Å². The molecule has 0 saturated heterocycles. The second-order valence-corrected chi connectivity index (χ2v) is 12.5. The van der Waals surface area contributed by atoms with E-state index in [9.17, 15) is 17.6 Å². The van der Waals surface area contributed by atoms with E-state index in [0.29, 0.717) is 24.9 Å². The zero-order valence-electron chi connectivity index (χ0n) is 21.8. The number of carbonyl (C=O) groups excluding carboxylic acids is 1. The summed E-state index contributed by atoms with van der Waals surface area (Å²) >= 11 is 0. The first kappa shape index (κ1) is 28.1. The minimum atomic E-state index is -3.23. The number of fused-ring (bicyclic) bond motifs is 8. The van der Waals surface area contributed by atoms with Crippen LogP contribution in [0.5, 0.6) is 5.75 Å². The molecule has 1 amide bonds. The fraction of sp³-hybridized carbons (Fsp3) is 0.393. The molecular formula is C28H30F2N4O5S. The minimum Gasteiger partial charge on any atom is -0.493 e. The van der Waals surface area contributed by atoms with Crippen molar-refractivity contribution < 1.29 is 31.5 Å². The Labute approximate surface area is 231 Å². The zero-order valence-corrected chi connectivity index (χ0v) is 22.7. The second kappa shape index (κ2) is 11.6. The Morgan fingerprint density at radius 3 is 2.77 bits per heavy atom. The van der Waals surface area contributed by atoms with Crippen molar-refractivity contribution in [3.8, 4) is 17.0 Å². The number of ether oxygens (including phenoxy) is 2. The average Bonchev–Trinajstić information content (AvgIpc) is 2.90. The van der Waals surface area contributed by atoms with Crippen LogP contribution in [-0.2, 0) is 14.6 Å². The summed E-state index contributed by atoms with van der Waals surface area (Å²) in [5.41, 5.74) is 7.26. The number of hydrogen-bond donors (Lipinski definition) is 2. The van der Waals surface area contributed by atoms with Crippen LogP contribution >= 0.6 is 0 Å². The monoisotopic (exact) mass is 572 g/mol. The second-order valence-electron chi connectivity index (χ2n) is 10.3. The molecular weight excluding hydrogens is 542 g/mol. The van der Waals surface area contributed by atoms with Gasteiger partial charge in [-0.05, 0) is 67.0 Å². The molecule has 1 fully saturated rings. The number of amides is 1. The van der Waals surface area contributed by atoms with Gasteiger partial charge < -0.3 is 20.5 Å². The Kier molecular flexibility index (Phi) is 8.11. The van der Waals surface area contributed by atoms with Crippen molar-refractivity contribution in [2.75, 3.05) is 30.5 Å². The van der Waals surface area contributed by atoms with Crippen molar-refractivity contribution >= 4 is 21.4 Å². The van der Waals surface area contributed by atoms with Crippen LogP contribution in [0.1, 0.15) is 41.2 Å². The van der Waals surface area contributed by atoms with Crippen LogP contribution in [-0.4, -0.2) is 61.7 Å². The maximum Gasteiger partial charge on any atom is 0.274 e. The van der Waals surface area contributed by atoms with Gasteiger partial charge in [-0.25, -0.2) is 22.2 Å². The number of rotatable bonds is 4. The third-order valence-electron chi connectivity index (χ3n) is 7.37. The standard InChI is InChI=1S/C28H30F2N4O5S/c1-40(36,37)12-11-39-27-16-8-10-38-24-4-2-3-19(29)25(24)26-20(30)5-6-22(33-26)28(35)34-23-15-32-9-7-18(23)17(13-16)14-21(27)31/h2-7,9,15-17,21,27H,8,10-14,31H2,1H3,(H,34,35)/t16-,17+,21+,27-/m1/s1. The van der Waals surface area contributed by atoms with E-state index in [2.05, 4.69) is 15.3 Å². The molecule has 0 unspecified atom stereocenters. The first-order chi connectivity index (χ1) is 19.1. The molecule has 1 aromatic carbocycles. The predicted octanol–water partition coefficient (Wildman–Crippen LogP) is 3.71. The molecule has 3 N–H and O–H groups in total. The zero-order chi connectivity index (χ0) is 28.4.